The number of amides is 1. The number of aliphatic hydroxyl groups is 1. The van der Waals surface area contributed by atoms with Gasteiger partial charge in [0.2, 0.25) is 5.91 Å². The highest BCUT2D eigenvalue weighted by Crippen LogP contribution is 2.09. The molecule has 0 aliphatic carbocycles. The Hall–Kier alpha value is -1.53. The van der Waals surface area contributed by atoms with Crippen molar-refractivity contribution in [2.24, 2.45) is 0 Å². The predicted octanol–water partition coefficient (Wildman–Crippen LogP) is 1.30. The zero-order valence-corrected chi connectivity index (χ0v) is 12.9. The van der Waals surface area contributed by atoms with E-state index in [1.807, 2.05) is 30.3 Å². The van der Waals surface area contributed by atoms with Crippen molar-refractivity contribution in [3.63, 3.8) is 0 Å². The Kier molecular flexibility index (Phi) is 7.25. The van der Waals surface area contributed by atoms with Crippen LogP contribution in [0.4, 0.5) is 0 Å². The number of aryl methyl sites for hydroxylation is 1. The molecule has 1 amide bonds. The first-order valence-electron chi connectivity index (χ1n) is 6.71. The highest BCUT2D eigenvalue weighted by atomic mass is 32.2. The lowest BCUT2D eigenvalue weighted by molar-refractivity contribution is -0.142. The Labute approximate surface area is 128 Å². The maximum Gasteiger partial charge on any atom is 0.306 e. The topological polar surface area (TPSA) is 86.6 Å². The number of rotatable bonds is 9. The van der Waals surface area contributed by atoms with Crippen LogP contribution in [0.5, 0.6) is 0 Å². The Morgan fingerprint density at radius 3 is 2.57 bits per heavy atom. The minimum absolute atomic E-state index is 0.0582. The summed E-state index contributed by atoms with van der Waals surface area (Å²) in [5.74, 6) is -0.149. The Morgan fingerprint density at radius 1 is 1.29 bits per heavy atom. The highest BCUT2D eigenvalue weighted by Gasteiger charge is 2.24. The van der Waals surface area contributed by atoms with Gasteiger partial charge in [0.1, 0.15) is 0 Å². The smallest absolute Gasteiger partial charge is 0.306 e. The molecule has 0 aromatic heterocycles. The summed E-state index contributed by atoms with van der Waals surface area (Å²) in [5, 5.41) is 20.9. The molecule has 1 atom stereocenters. The number of carbonyl (C=O) groups excluding carboxylic acids is 1. The molecule has 0 heterocycles. The standard InChI is InChI=1S/C15H21NO4S/c1-15(20,9-14(18)19)11-16-13(17)10-21-8-7-12-5-3-2-4-6-12/h2-6,20H,7-11H2,1H3,(H,16,17)(H,18,19). The van der Waals surface area contributed by atoms with E-state index >= 15 is 0 Å². The lowest BCUT2D eigenvalue weighted by Crippen LogP contribution is -2.42. The van der Waals surface area contributed by atoms with Crippen LogP contribution < -0.4 is 5.32 Å². The van der Waals surface area contributed by atoms with Crippen LogP contribution in [0.15, 0.2) is 30.3 Å². The van der Waals surface area contributed by atoms with E-state index in [1.54, 1.807) is 0 Å². The van der Waals surface area contributed by atoms with Crippen molar-refractivity contribution in [3.8, 4) is 0 Å². The maximum atomic E-state index is 11.6. The fourth-order valence-corrected chi connectivity index (χ4v) is 2.54. The van der Waals surface area contributed by atoms with Gasteiger partial charge in [0.15, 0.2) is 0 Å². The molecule has 0 spiro atoms. The van der Waals surface area contributed by atoms with E-state index < -0.39 is 18.0 Å². The number of carboxylic acid groups (broad SMARTS) is 1. The van der Waals surface area contributed by atoms with Crippen molar-refractivity contribution in [1.29, 1.82) is 0 Å². The molecule has 0 saturated carbocycles. The van der Waals surface area contributed by atoms with Crippen LogP contribution in [-0.2, 0) is 16.0 Å². The summed E-state index contributed by atoms with van der Waals surface area (Å²) in [7, 11) is 0. The van der Waals surface area contributed by atoms with Crippen LogP contribution in [0, 0.1) is 0 Å². The monoisotopic (exact) mass is 311 g/mol. The molecule has 0 saturated heterocycles. The quantitative estimate of drug-likeness (QED) is 0.599. The summed E-state index contributed by atoms with van der Waals surface area (Å²) in [6.07, 6.45) is 0.504. The van der Waals surface area contributed by atoms with Gasteiger partial charge in [-0.1, -0.05) is 30.3 Å². The molecule has 0 fully saturated rings. The summed E-state index contributed by atoms with van der Waals surface area (Å²) >= 11 is 1.51. The molecule has 0 bridgehead atoms. The molecule has 1 aromatic rings. The first kappa shape index (κ1) is 17.5. The van der Waals surface area contributed by atoms with Gasteiger partial charge in [0, 0.05) is 6.54 Å². The summed E-state index contributed by atoms with van der Waals surface area (Å²) in [6.45, 7) is 1.33. The second kappa shape index (κ2) is 8.69. The zero-order valence-electron chi connectivity index (χ0n) is 12.0. The van der Waals surface area contributed by atoms with Crippen LogP contribution in [-0.4, -0.2) is 45.7 Å². The number of hydrogen-bond donors (Lipinski definition) is 3. The molecule has 3 N–H and O–H groups in total. The minimum Gasteiger partial charge on any atom is -0.481 e. The molecular weight excluding hydrogens is 290 g/mol. The zero-order chi connectivity index (χ0) is 15.7. The second-order valence-corrected chi connectivity index (χ2v) is 6.24. The molecule has 6 heteroatoms. The molecule has 0 radical (unpaired) electrons. The van der Waals surface area contributed by atoms with E-state index in [4.69, 9.17) is 5.11 Å². The van der Waals surface area contributed by atoms with E-state index in [0.717, 1.165) is 12.2 Å². The van der Waals surface area contributed by atoms with Gasteiger partial charge in [-0.3, -0.25) is 9.59 Å². The lowest BCUT2D eigenvalue weighted by atomic mass is 10.0. The van der Waals surface area contributed by atoms with Gasteiger partial charge in [0.25, 0.3) is 0 Å². The molecule has 21 heavy (non-hydrogen) atoms. The summed E-state index contributed by atoms with van der Waals surface area (Å²) < 4.78 is 0. The molecule has 1 unspecified atom stereocenters. The number of hydrogen-bond acceptors (Lipinski definition) is 4. The molecular formula is C15H21NO4S. The Balaban J connectivity index is 2.15. The number of carbonyl (C=O) groups is 2. The average Bonchev–Trinajstić information content (AvgIpc) is 2.41. The Morgan fingerprint density at radius 2 is 1.95 bits per heavy atom. The lowest BCUT2D eigenvalue weighted by Gasteiger charge is -2.21. The van der Waals surface area contributed by atoms with E-state index in [2.05, 4.69) is 5.32 Å². The first-order chi connectivity index (χ1) is 9.89. The number of thioether (sulfide) groups is 1. The SMILES string of the molecule is CC(O)(CNC(=O)CSCCc1ccccc1)CC(=O)O. The van der Waals surface area contributed by atoms with Crippen molar-refractivity contribution < 1.29 is 19.8 Å². The first-order valence-corrected chi connectivity index (χ1v) is 7.87. The third-order valence-electron chi connectivity index (χ3n) is 2.81. The van der Waals surface area contributed by atoms with Crippen molar-refractivity contribution in [1.82, 2.24) is 5.32 Å². The van der Waals surface area contributed by atoms with Crippen LogP contribution >= 0.6 is 11.8 Å². The van der Waals surface area contributed by atoms with E-state index in [0.29, 0.717) is 5.75 Å². The molecule has 116 valence electrons. The van der Waals surface area contributed by atoms with E-state index in [9.17, 15) is 14.7 Å². The third kappa shape index (κ3) is 8.37. The number of carboxylic acids is 1. The summed E-state index contributed by atoms with van der Waals surface area (Å²) in [4.78, 5) is 22.1. The average molecular weight is 311 g/mol. The van der Waals surface area contributed by atoms with Crippen LogP contribution in [0.2, 0.25) is 0 Å². The van der Waals surface area contributed by atoms with Gasteiger partial charge in [-0.15, -0.1) is 0 Å². The van der Waals surface area contributed by atoms with Gasteiger partial charge in [-0.25, -0.2) is 0 Å². The molecule has 0 aliphatic rings. The molecule has 5 nitrogen and oxygen atoms in total. The minimum atomic E-state index is -1.42. The summed E-state index contributed by atoms with van der Waals surface area (Å²) in [5.41, 5.74) is -0.189. The molecule has 1 aromatic carbocycles. The van der Waals surface area contributed by atoms with Gasteiger partial charge in [0.05, 0.1) is 17.8 Å². The third-order valence-corrected chi connectivity index (χ3v) is 3.77. The van der Waals surface area contributed by atoms with Crippen molar-refractivity contribution in [3.05, 3.63) is 35.9 Å². The predicted molar refractivity (Wildman–Crippen MR) is 83.4 cm³/mol. The van der Waals surface area contributed by atoms with Crippen molar-refractivity contribution >= 4 is 23.6 Å². The normalized spacial score (nSPS) is 13.4. The van der Waals surface area contributed by atoms with E-state index in [1.165, 1.54) is 24.2 Å². The fraction of sp³-hybridized carbons (Fsp3) is 0.467. The van der Waals surface area contributed by atoms with Gasteiger partial charge >= 0.3 is 5.97 Å². The number of nitrogens with one attached hydrogen (secondary N) is 1. The summed E-state index contributed by atoms with van der Waals surface area (Å²) in [6, 6.07) is 10.0. The van der Waals surface area contributed by atoms with Gasteiger partial charge in [-0.2, -0.15) is 11.8 Å². The van der Waals surface area contributed by atoms with Crippen molar-refractivity contribution in [2.45, 2.75) is 25.4 Å². The second-order valence-electron chi connectivity index (χ2n) is 5.13. The van der Waals surface area contributed by atoms with Crippen LogP contribution in [0.3, 0.4) is 0 Å². The Bertz CT molecular complexity index is 462. The molecule has 0 aliphatic heterocycles. The van der Waals surface area contributed by atoms with Gasteiger partial charge < -0.3 is 15.5 Å². The maximum absolute atomic E-state index is 11.6. The number of aliphatic carboxylic acids is 1. The number of benzene rings is 1. The highest BCUT2D eigenvalue weighted by molar-refractivity contribution is 7.99. The van der Waals surface area contributed by atoms with Crippen LogP contribution in [0.25, 0.3) is 0 Å². The largest absolute Gasteiger partial charge is 0.481 e. The van der Waals surface area contributed by atoms with Crippen molar-refractivity contribution in [2.75, 3.05) is 18.1 Å². The fourth-order valence-electron chi connectivity index (χ4n) is 1.73. The van der Waals surface area contributed by atoms with Crippen LogP contribution in [0.1, 0.15) is 18.9 Å². The molecule has 1 rings (SSSR count). The van der Waals surface area contributed by atoms with E-state index in [-0.39, 0.29) is 12.5 Å². The van der Waals surface area contributed by atoms with Gasteiger partial charge in [-0.05, 0) is 24.7 Å².